The number of aromatic hydroxyl groups is 1. The minimum atomic E-state index is -1.91. The topological polar surface area (TPSA) is 650 Å². The molecule has 0 spiro atoms. The van der Waals surface area contributed by atoms with Crippen molar-refractivity contribution in [1.82, 2.24) is 74.4 Å². The highest BCUT2D eigenvalue weighted by atomic mass is 32.2. The van der Waals surface area contributed by atoms with Gasteiger partial charge in [-0.1, -0.05) is 130 Å². The molecule has 125 heavy (non-hydrogen) atoms. The van der Waals surface area contributed by atoms with Crippen LogP contribution in [0.2, 0.25) is 0 Å². The van der Waals surface area contributed by atoms with Gasteiger partial charge in [-0.25, -0.2) is 0 Å². The molecule has 0 fully saturated rings. The number of hydrogen-bond donors (Lipinski definition) is 23. The van der Waals surface area contributed by atoms with Crippen LogP contribution in [0.15, 0.2) is 24.3 Å². The predicted octanol–water partition coefficient (Wildman–Crippen LogP) is 0.316. The number of nitrogens with one attached hydrogen (secondary N) is 15. The van der Waals surface area contributed by atoms with Crippen LogP contribution in [0.25, 0.3) is 0 Å². The standard InChI is InChI=1S/C84H147N19O20S2/c1-9-11-13-14-15-16-17-18-19-20-21-22-23-33-69(108)92-62(40-45-124-7)74(113)91-50-70(109)93-65(48-55-34-36-56(106)37-35-55)81(120)98-61(38-39-68(88)107)78(117)95-58(29-12-10-2)75(114)96-59(31-25-27-43-86)76(115)100-64(47-52(3)4)80(119)97-60(32-28-44-90-54(6)87)77(116)102-67(51-104)83(122)99-63(41-46-125-8)79(118)103-72(53(5)105)84(123)101-66(49-71(110)111)82(121)94-57(73(89)112)30-24-26-42-85/h34-37,52-53,57-67,72,104-106H,9-33,38-51,85-86H2,1-8H3,(H2,87,90)(H2,88,107)(H2,89,112)(H,91,113)(H,92,108)(H,93,109)(H,94,121)(H,95,117)(H,96,114)(H,97,119)(H,98,120)(H,99,122)(H,100,115)(H,101,123)(H,102,116)(H,103,118)(H,110,111)/t53-,57+,58+,59+,60+,61+,62+,63+,64+,65+,66+,67+,72+/m1/s1. The molecular formula is C84H147N19O20S2. The molecule has 0 unspecified atom stereocenters. The molecule has 27 N–H and O–H groups in total. The zero-order valence-corrected chi connectivity index (χ0v) is 76.0. The summed E-state index contributed by atoms with van der Waals surface area (Å²) < 4.78 is 0. The van der Waals surface area contributed by atoms with E-state index in [1.807, 2.05) is 13.2 Å². The molecule has 1 rings (SSSR count). The molecule has 710 valence electrons. The van der Waals surface area contributed by atoms with E-state index < -0.39 is 200 Å². The molecule has 0 bridgehead atoms. The second-order valence-corrected chi connectivity index (χ2v) is 33.9. The number of amides is 15. The molecule has 0 aromatic heterocycles. The number of phenolic OH excluding ortho intramolecular Hbond substituents is 1. The van der Waals surface area contributed by atoms with Gasteiger partial charge in [-0.05, 0) is 164 Å². The number of aliphatic carboxylic acids is 1. The van der Waals surface area contributed by atoms with Crippen molar-refractivity contribution in [3.63, 3.8) is 0 Å². The van der Waals surface area contributed by atoms with Crippen LogP contribution in [0.3, 0.4) is 0 Å². The maximum atomic E-state index is 14.8. The van der Waals surface area contributed by atoms with Crippen molar-refractivity contribution in [3.8, 4) is 5.75 Å². The fraction of sp³-hybridized carbons (Fsp3) is 0.726. The molecule has 1 aromatic carbocycles. The van der Waals surface area contributed by atoms with Crippen molar-refractivity contribution < 1.29 is 97.1 Å². The Kier molecular flexibility index (Phi) is 60.8. The fourth-order valence-electron chi connectivity index (χ4n) is 13.2. The molecule has 1 aromatic rings. The lowest BCUT2D eigenvalue weighted by atomic mass is 10.0. The second kappa shape index (κ2) is 66.9. The molecule has 15 amide bonds. The Morgan fingerprint density at radius 1 is 0.416 bits per heavy atom. The van der Waals surface area contributed by atoms with E-state index in [2.05, 4.69) is 81.4 Å². The van der Waals surface area contributed by atoms with E-state index in [9.17, 15) is 97.1 Å². The number of benzene rings is 1. The van der Waals surface area contributed by atoms with Gasteiger partial charge in [0.1, 0.15) is 78.3 Å². The van der Waals surface area contributed by atoms with Gasteiger partial charge in [-0.3, -0.25) is 82.1 Å². The summed E-state index contributed by atoms with van der Waals surface area (Å²) in [6, 6.07) is -12.7. The van der Waals surface area contributed by atoms with E-state index in [0.29, 0.717) is 49.8 Å². The van der Waals surface area contributed by atoms with Gasteiger partial charge < -0.3 is 118 Å². The Morgan fingerprint density at radius 2 is 0.808 bits per heavy atom. The molecular weight excluding hydrogens is 1660 g/mol. The van der Waals surface area contributed by atoms with E-state index in [-0.39, 0.29) is 119 Å². The first kappa shape index (κ1) is 114. The van der Waals surface area contributed by atoms with Gasteiger partial charge in [0.05, 0.1) is 31.5 Å². The van der Waals surface area contributed by atoms with Gasteiger partial charge in [0.15, 0.2) is 0 Å². The Balaban J connectivity index is 3.60. The molecule has 0 aliphatic heterocycles. The molecule has 0 aliphatic rings. The summed E-state index contributed by atoms with van der Waals surface area (Å²) >= 11 is 2.69. The summed E-state index contributed by atoms with van der Waals surface area (Å²) in [5.74, 6) is -15.2. The van der Waals surface area contributed by atoms with Crippen molar-refractivity contribution >= 4 is 124 Å². The Morgan fingerprint density at radius 3 is 1.26 bits per heavy atom. The van der Waals surface area contributed by atoms with Crippen LogP contribution in [0, 0.1) is 11.3 Å². The molecule has 0 heterocycles. The van der Waals surface area contributed by atoms with E-state index in [1.54, 1.807) is 20.1 Å². The average molecular weight is 1810 g/mol. The third-order valence-corrected chi connectivity index (χ3v) is 21.7. The minimum absolute atomic E-state index is 0.0313. The highest BCUT2D eigenvalue weighted by Gasteiger charge is 2.39. The first-order valence-electron chi connectivity index (χ1n) is 43.9. The third kappa shape index (κ3) is 51.1. The van der Waals surface area contributed by atoms with Crippen LogP contribution < -0.4 is 97.4 Å². The third-order valence-electron chi connectivity index (χ3n) is 20.4. The molecule has 39 nitrogen and oxygen atoms in total. The summed E-state index contributed by atoms with van der Waals surface area (Å²) in [5, 5.41) is 84.8. The van der Waals surface area contributed by atoms with Gasteiger partial charge in [0.2, 0.25) is 88.6 Å². The Hall–Kier alpha value is -9.45. The number of primary amides is 2. The number of carbonyl (C=O) groups excluding carboxylic acids is 15. The van der Waals surface area contributed by atoms with Gasteiger partial charge >= 0.3 is 5.97 Å². The van der Waals surface area contributed by atoms with Crippen LogP contribution in [-0.2, 0) is 83.1 Å². The van der Waals surface area contributed by atoms with Crippen LogP contribution in [0.5, 0.6) is 5.75 Å². The monoisotopic (exact) mass is 1810 g/mol. The van der Waals surface area contributed by atoms with Crippen molar-refractivity contribution in [2.75, 3.05) is 56.8 Å². The number of carbonyl (C=O) groups is 16. The van der Waals surface area contributed by atoms with Crippen LogP contribution in [0.1, 0.15) is 246 Å². The van der Waals surface area contributed by atoms with Crippen LogP contribution in [-0.4, -0.2) is 256 Å². The number of nitrogens with two attached hydrogens (primary N) is 4. The van der Waals surface area contributed by atoms with E-state index >= 15 is 0 Å². The van der Waals surface area contributed by atoms with E-state index in [4.69, 9.17) is 28.3 Å². The second-order valence-electron chi connectivity index (χ2n) is 31.9. The zero-order valence-electron chi connectivity index (χ0n) is 74.4. The average Bonchev–Trinajstić information content (AvgIpc) is 0.855. The first-order valence-corrected chi connectivity index (χ1v) is 46.7. The number of unbranched alkanes of at least 4 members (excludes halogenated alkanes) is 15. The van der Waals surface area contributed by atoms with E-state index in [1.165, 1.54) is 106 Å². The van der Waals surface area contributed by atoms with Crippen LogP contribution in [0.4, 0.5) is 0 Å². The summed E-state index contributed by atoms with van der Waals surface area (Å²) in [5.41, 5.74) is 22.9. The van der Waals surface area contributed by atoms with Gasteiger partial charge in [-0.2, -0.15) is 23.5 Å². The SMILES string of the molecule is CCCCCCCCCCCCCCCC(=O)N[C@@H](CCSC)C(=O)NCC(=O)N[C@@H](Cc1ccc(O)cc1)C(=O)N[C@@H](CCC(N)=O)C(=O)N[C@@H](CCCC)C(=O)N[C@@H](CCCCN)C(=O)N[C@@H](CC(C)C)C(=O)N[C@@H](CCCNC(C)=N)C(=O)N[C@@H](CO)C(=O)N[C@@H](CCSC)C(=O)N[C@H](C(=O)N[C@@H](CC(=O)O)C(=O)N[C@@H](CCCCN)C(N)=O)[C@@H](C)O. The Bertz CT molecular complexity index is 3500. The number of carboxylic acid groups (broad SMARTS) is 1. The smallest absolute Gasteiger partial charge is 0.305 e. The first-order chi connectivity index (χ1) is 59.5. The zero-order chi connectivity index (χ0) is 93.8. The van der Waals surface area contributed by atoms with Crippen LogP contribution >= 0.6 is 23.5 Å². The molecule has 0 saturated carbocycles. The number of thioether (sulfide) groups is 2. The van der Waals surface area contributed by atoms with Crippen molar-refractivity contribution in [2.45, 2.75) is 326 Å². The van der Waals surface area contributed by atoms with Gasteiger partial charge in [0.25, 0.3) is 0 Å². The number of rotatable bonds is 72. The fourth-order valence-corrected chi connectivity index (χ4v) is 14.1. The van der Waals surface area contributed by atoms with Crippen molar-refractivity contribution in [3.05, 3.63) is 29.8 Å². The molecule has 41 heteroatoms. The Labute approximate surface area is 744 Å². The number of carboxylic acids is 1. The molecule has 0 radical (unpaired) electrons. The summed E-state index contributed by atoms with van der Waals surface area (Å²) in [4.78, 5) is 220. The number of aliphatic hydroxyl groups is 2. The normalized spacial score (nSPS) is 14.3. The number of phenols is 1. The molecule has 13 atom stereocenters. The maximum absolute atomic E-state index is 14.8. The highest BCUT2D eigenvalue weighted by molar-refractivity contribution is 7.98. The maximum Gasteiger partial charge on any atom is 0.305 e. The van der Waals surface area contributed by atoms with Crippen molar-refractivity contribution in [2.24, 2.45) is 28.9 Å². The van der Waals surface area contributed by atoms with Gasteiger partial charge in [-0.15, -0.1) is 0 Å². The predicted molar refractivity (Wildman–Crippen MR) is 478 cm³/mol. The van der Waals surface area contributed by atoms with E-state index in [0.717, 1.165) is 32.6 Å². The lowest BCUT2D eigenvalue weighted by molar-refractivity contribution is -0.142. The molecule has 0 saturated heterocycles. The summed E-state index contributed by atoms with van der Waals surface area (Å²) in [7, 11) is 0. The quantitative estimate of drug-likeness (QED) is 0.0237. The lowest BCUT2D eigenvalue weighted by Gasteiger charge is -2.29. The highest BCUT2D eigenvalue weighted by Crippen LogP contribution is 2.18. The molecule has 0 aliphatic carbocycles. The lowest BCUT2D eigenvalue weighted by Crippen LogP contribution is -2.62. The number of amidine groups is 1. The minimum Gasteiger partial charge on any atom is -0.508 e. The summed E-state index contributed by atoms with van der Waals surface area (Å²) in [6.45, 7) is 8.82. The number of aliphatic hydroxyl groups excluding tert-OH is 2. The summed E-state index contributed by atoms with van der Waals surface area (Å²) in [6.07, 6.45) is 16.8. The largest absolute Gasteiger partial charge is 0.508 e. The van der Waals surface area contributed by atoms with Crippen molar-refractivity contribution in [1.29, 1.82) is 5.41 Å². The number of hydrogen-bond acceptors (Lipinski definition) is 24. The van der Waals surface area contributed by atoms with Gasteiger partial charge in [0, 0.05) is 25.8 Å².